The molecule has 1 fully saturated rings. The van der Waals surface area contributed by atoms with Gasteiger partial charge in [0.25, 0.3) is 0 Å². The Bertz CT molecular complexity index is 571. The molecule has 1 N–H and O–H groups in total. The molecule has 0 saturated carbocycles. The third-order valence-electron chi connectivity index (χ3n) is 3.37. The van der Waals surface area contributed by atoms with Gasteiger partial charge in [-0.3, -0.25) is 0 Å². The number of rotatable bonds is 4. The number of hydrogen-bond donors (Lipinski definition) is 1. The summed E-state index contributed by atoms with van der Waals surface area (Å²) < 4.78 is 25.0. The zero-order valence-electron chi connectivity index (χ0n) is 10.7. The van der Waals surface area contributed by atoms with E-state index in [0.29, 0.717) is 10.9 Å². The first-order valence-corrected chi connectivity index (χ1v) is 6.83. The molecule has 2 unspecified atom stereocenters. The maximum absolute atomic E-state index is 13.9. The molecule has 0 radical (unpaired) electrons. The fourth-order valence-electron chi connectivity index (χ4n) is 2.37. The van der Waals surface area contributed by atoms with Gasteiger partial charge < -0.3 is 14.5 Å². The third kappa shape index (κ3) is 2.78. The SMILES string of the molecule is Fc1cc(Cl)ccc1OC(c1ncco1)C1CCNC1. The van der Waals surface area contributed by atoms with Crippen molar-refractivity contribution in [2.45, 2.75) is 12.5 Å². The van der Waals surface area contributed by atoms with Crippen LogP contribution in [0.5, 0.6) is 5.75 Å². The summed E-state index contributed by atoms with van der Waals surface area (Å²) in [7, 11) is 0. The summed E-state index contributed by atoms with van der Waals surface area (Å²) >= 11 is 5.74. The van der Waals surface area contributed by atoms with E-state index < -0.39 is 11.9 Å². The molecule has 1 saturated heterocycles. The van der Waals surface area contributed by atoms with Crippen LogP contribution in [0, 0.1) is 11.7 Å². The number of nitrogens with one attached hydrogen (secondary N) is 1. The van der Waals surface area contributed by atoms with Crippen molar-refractivity contribution < 1.29 is 13.5 Å². The van der Waals surface area contributed by atoms with E-state index in [4.69, 9.17) is 20.8 Å². The lowest BCUT2D eigenvalue weighted by atomic mass is 10.0. The lowest BCUT2D eigenvalue weighted by molar-refractivity contribution is 0.109. The predicted molar refractivity (Wildman–Crippen MR) is 72.3 cm³/mol. The van der Waals surface area contributed by atoms with Crippen LogP contribution >= 0.6 is 11.6 Å². The van der Waals surface area contributed by atoms with E-state index in [1.54, 1.807) is 12.3 Å². The molecule has 3 rings (SSSR count). The molecule has 106 valence electrons. The zero-order chi connectivity index (χ0) is 13.9. The Balaban J connectivity index is 1.86. The van der Waals surface area contributed by atoms with E-state index >= 15 is 0 Å². The molecule has 4 nitrogen and oxygen atoms in total. The zero-order valence-corrected chi connectivity index (χ0v) is 11.4. The van der Waals surface area contributed by atoms with Crippen molar-refractivity contribution >= 4 is 11.6 Å². The van der Waals surface area contributed by atoms with Crippen LogP contribution in [0.3, 0.4) is 0 Å². The quantitative estimate of drug-likeness (QED) is 0.941. The van der Waals surface area contributed by atoms with Crippen molar-refractivity contribution in [3.8, 4) is 5.75 Å². The van der Waals surface area contributed by atoms with Crippen molar-refractivity contribution in [1.82, 2.24) is 10.3 Å². The first-order chi connectivity index (χ1) is 9.74. The number of hydrogen-bond acceptors (Lipinski definition) is 4. The summed E-state index contributed by atoms with van der Waals surface area (Å²) in [6.07, 6.45) is 3.58. The van der Waals surface area contributed by atoms with Crippen LogP contribution in [-0.2, 0) is 0 Å². The van der Waals surface area contributed by atoms with Crippen LogP contribution in [0.25, 0.3) is 0 Å². The molecule has 0 bridgehead atoms. The number of nitrogens with zero attached hydrogens (tertiary/aromatic N) is 1. The lowest BCUT2D eigenvalue weighted by Crippen LogP contribution is -2.22. The van der Waals surface area contributed by atoms with Crippen molar-refractivity contribution in [2.24, 2.45) is 5.92 Å². The Hall–Kier alpha value is -1.59. The van der Waals surface area contributed by atoms with Crippen LogP contribution in [0.4, 0.5) is 4.39 Å². The van der Waals surface area contributed by atoms with Gasteiger partial charge in [-0.15, -0.1) is 0 Å². The Kier molecular flexibility index (Phi) is 3.89. The number of ether oxygens (including phenoxy) is 1. The van der Waals surface area contributed by atoms with E-state index in [-0.39, 0.29) is 11.7 Å². The average molecular weight is 297 g/mol. The van der Waals surface area contributed by atoms with Gasteiger partial charge in [-0.2, -0.15) is 0 Å². The smallest absolute Gasteiger partial charge is 0.235 e. The predicted octanol–water partition coefficient (Wildman–Crippen LogP) is 3.20. The number of oxazole rings is 1. The summed E-state index contributed by atoms with van der Waals surface area (Å²) in [4.78, 5) is 4.14. The molecule has 2 aromatic rings. The maximum atomic E-state index is 13.9. The van der Waals surface area contributed by atoms with Gasteiger partial charge in [0, 0.05) is 17.5 Å². The van der Waals surface area contributed by atoms with E-state index in [2.05, 4.69) is 10.3 Å². The van der Waals surface area contributed by atoms with Gasteiger partial charge in [0.2, 0.25) is 5.89 Å². The van der Waals surface area contributed by atoms with Gasteiger partial charge in [0.1, 0.15) is 6.26 Å². The molecule has 2 atom stereocenters. The third-order valence-corrected chi connectivity index (χ3v) is 3.60. The van der Waals surface area contributed by atoms with Crippen LogP contribution in [0.15, 0.2) is 35.1 Å². The Morgan fingerprint density at radius 2 is 2.40 bits per heavy atom. The summed E-state index contributed by atoms with van der Waals surface area (Å²) in [5.41, 5.74) is 0. The second-order valence-electron chi connectivity index (χ2n) is 4.74. The summed E-state index contributed by atoms with van der Waals surface area (Å²) in [5, 5.41) is 3.60. The van der Waals surface area contributed by atoms with Crippen molar-refractivity contribution in [3.63, 3.8) is 0 Å². The first-order valence-electron chi connectivity index (χ1n) is 6.46. The maximum Gasteiger partial charge on any atom is 0.235 e. The van der Waals surface area contributed by atoms with Crippen molar-refractivity contribution in [1.29, 1.82) is 0 Å². The fourth-order valence-corrected chi connectivity index (χ4v) is 2.53. The summed E-state index contributed by atoms with van der Waals surface area (Å²) in [6.45, 7) is 1.70. The molecule has 1 aliphatic heterocycles. The second kappa shape index (κ2) is 5.81. The van der Waals surface area contributed by atoms with Gasteiger partial charge in [-0.05, 0) is 31.2 Å². The molecule has 1 aromatic carbocycles. The van der Waals surface area contributed by atoms with Gasteiger partial charge in [0.15, 0.2) is 17.7 Å². The fraction of sp³-hybridized carbons (Fsp3) is 0.357. The number of halogens is 2. The molecule has 0 aliphatic carbocycles. The van der Waals surface area contributed by atoms with Crippen molar-refractivity contribution in [3.05, 3.63) is 47.4 Å². The number of benzene rings is 1. The molecule has 0 amide bonds. The Labute approximate surface area is 120 Å². The average Bonchev–Trinajstić information content (AvgIpc) is 3.11. The largest absolute Gasteiger partial charge is 0.477 e. The Morgan fingerprint density at radius 3 is 3.05 bits per heavy atom. The molecule has 2 heterocycles. The standard InChI is InChI=1S/C14H14ClFN2O2/c15-10-1-2-12(11(16)7-10)20-13(9-3-4-17-8-9)14-18-5-6-19-14/h1-2,5-7,9,13,17H,3-4,8H2. The molecule has 0 spiro atoms. The van der Waals surface area contributed by atoms with Crippen LogP contribution in [0.1, 0.15) is 18.4 Å². The van der Waals surface area contributed by atoms with E-state index in [1.165, 1.54) is 18.4 Å². The summed E-state index contributed by atoms with van der Waals surface area (Å²) in [5.74, 6) is 0.335. The van der Waals surface area contributed by atoms with E-state index in [9.17, 15) is 4.39 Å². The van der Waals surface area contributed by atoms with Crippen LogP contribution in [0.2, 0.25) is 5.02 Å². The highest BCUT2D eigenvalue weighted by molar-refractivity contribution is 6.30. The van der Waals surface area contributed by atoms with Crippen molar-refractivity contribution in [2.75, 3.05) is 13.1 Å². The van der Waals surface area contributed by atoms with E-state index in [0.717, 1.165) is 19.5 Å². The highest BCUT2D eigenvalue weighted by Gasteiger charge is 2.31. The Morgan fingerprint density at radius 1 is 1.50 bits per heavy atom. The van der Waals surface area contributed by atoms with Gasteiger partial charge >= 0.3 is 0 Å². The van der Waals surface area contributed by atoms with Gasteiger partial charge in [-0.25, -0.2) is 9.37 Å². The number of aromatic nitrogens is 1. The van der Waals surface area contributed by atoms with Crippen LogP contribution < -0.4 is 10.1 Å². The molecule has 6 heteroatoms. The highest BCUT2D eigenvalue weighted by Crippen LogP contribution is 2.33. The molecular weight excluding hydrogens is 283 g/mol. The highest BCUT2D eigenvalue weighted by atomic mass is 35.5. The minimum atomic E-state index is -0.486. The second-order valence-corrected chi connectivity index (χ2v) is 5.17. The minimum Gasteiger partial charge on any atom is -0.477 e. The first kappa shape index (κ1) is 13.4. The lowest BCUT2D eigenvalue weighted by Gasteiger charge is -2.21. The molecule has 1 aliphatic rings. The minimum absolute atomic E-state index is 0.157. The van der Waals surface area contributed by atoms with E-state index in [1.807, 2.05) is 0 Å². The van der Waals surface area contributed by atoms with Crippen LogP contribution in [-0.4, -0.2) is 18.1 Å². The topological polar surface area (TPSA) is 47.3 Å². The normalized spacial score (nSPS) is 20.0. The van der Waals surface area contributed by atoms with Gasteiger partial charge in [-0.1, -0.05) is 11.6 Å². The summed E-state index contributed by atoms with van der Waals surface area (Å²) in [6, 6.07) is 4.35. The molecule has 20 heavy (non-hydrogen) atoms. The molecular formula is C14H14ClFN2O2. The monoisotopic (exact) mass is 296 g/mol. The molecule has 1 aromatic heterocycles. The van der Waals surface area contributed by atoms with Gasteiger partial charge in [0.05, 0.1) is 6.20 Å².